The van der Waals surface area contributed by atoms with E-state index in [2.05, 4.69) is 35.9 Å². The molecule has 1 amide bonds. The average molecular weight is 250 g/mol. The molecule has 9 heteroatoms. The second-order valence-electron chi connectivity index (χ2n) is 4.77. The lowest BCUT2D eigenvalue weighted by atomic mass is 10.1. The van der Waals surface area contributed by atoms with Gasteiger partial charge in [0.2, 0.25) is 5.95 Å². The number of nitrogens with one attached hydrogen (secondary N) is 2. The Hall–Kier alpha value is -2.32. The Bertz CT molecular complexity index is 563. The van der Waals surface area contributed by atoms with E-state index in [9.17, 15) is 4.79 Å². The fraction of sp³-hybridized carbons (Fsp3) is 0.556. The Morgan fingerprint density at radius 3 is 2.61 bits per heavy atom. The van der Waals surface area contributed by atoms with Crippen LogP contribution >= 0.6 is 0 Å². The Balaban J connectivity index is 2.12. The molecule has 2 aromatic rings. The highest BCUT2D eigenvalue weighted by Crippen LogP contribution is 2.09. The normalized spacial score (nSPS) is 11.6. The van der Waals surface area contributed by atoms with E-state index in [1.807, 2.05) is 20.8 Å². The van der Waals surface area contributed by atoms with Crippen LogP contribution in [0.4, 0.5) is 5.95 Å². The fourth-order valence-electron chi connectivity index (χ4n) is 1.15. The minimum absolute atomic E-state index is 0.0209. The Morgan fingerprint density at radius 1 is 1.39 bits per heavy atom. The zero-order valence-electron chi connectivity index (χ0n) is 10.6. The van der Waals surface area contributed by atoms with E-state index >= 15 is 0 Å². The molecule has 0 fully saturated rings. The molecule has 0 spiro atoms. The minimum Gasteiger partial charge on any atom is -0.286 e. The van der Waals surface area contributed by atoms with Gasteiger partial charge in [-0.3, -0.25) is 15.2 Å². The van der Waals surface area contributed by atoms with Gasteiger partial charge < -0.3 is 0 Å². The summed E-state index contributed by atoms with van der Waals surface area (Å²) in [7, 11) is 0. The maximum absolute atomic E-state index is 11.8. The van der Waals surface area contributed by atoms with Crippen LogP contribution in [0.5, 0.6) is 0 Å². The number of hydrogen-bond donors (Lipinski definition) is 2. The molecule has 0 aromatic carbocycles. The molecule has 0 radical (unpaired) electrons. The van der Waals surface area contributed by atoms with Crippen molar-refractivity contribution in [3.05, 3.63) is 11.6 Å². The summed E-state index contributed by atoms with van der Waals surface area (Å²) in [5, 5.41) is 20.4. The lowest BCUT2D eigenvalue weighted by molar-refractivity contribution is 0.101. The number of aryl methyl sites for hydroxylation is 1. The second-order valence-corrected chi connectivity index (χ2v) is 4.77. The van der Waals surface area contributed by atoms with Gasteiger partial charge in [-0.1, -0.05) is 0 Å². The predicted octanol–water partition coefficient (Wildman–Crippen LogP) is 0.107. The number of H-pyrrole nitrogens is 1. The SMILES string of the molecule is Cc1nc(NC(=O)c2nnn(C(C)(C)C)n2)n[nH]1. The molecule has 0 aliphatic heterocycles. The summed E-state index contributed by atoms with van der Waals surface area (Å²) in [6, 6.07) is 0. The second kappa shape index (κ2) is 4.17. The predicted molar refractivity (Wildman–Crippen MR) is 61.9 cm³/mol. The van der Waals surface area contributed by atoms with Crippen molar-refractivity contribution in [2.45, 2.75) is 33.2 Å². The summed E-state index contributed by atoms with van der Waals surface area (Å²) in [5.74, 6) is 0.276. The minimum atomic E-state index is -0.496. The maximum atomic E-state index is 11.8. The summed E-state index contributed by atoms with van der Waals surface area (Å²) in [4.78, 5) is 17.1. The summed E-state index contributed by atoms with van der Waals surface area (Å²) in [5.41, 5.74) is -0.327. The highest BCUT2D eigenvalue weighted by atomic mass is 16.2. The van der Waals surface area contributed by atoms with Crippen molar-refractivity contribution in [2.75, 3.05) is 5.32 Å². The zero-order chi connectivity index (χ0) is 13.3. The first-order valence-electron chi connectivity index (χ1n) is 5.37. The number of aromatic nitrogens is 7. The first kappa shape index (κ1) is 12.1. The first-order valence-corrected chi connectivity index (χ1v) is 5.37. The molecule has 0 bridgehead atoms. The first-order chi connectivity index (χ1) is 8.36. The van der Waals surface area contributed by atoms with Crippen LogP contribution in [0.1, 0.15) is 37.2 Å². The van der Waals surface area contributed by atoms with Crippen LogP contribution in [-0.2, 0) is 5.54 Å². The smallest absolute Gasteiger partial charge is 0.286 e. The number of hydrogen-bond acceptors (Lipinski definition) is 6. The van der Waals surface area contributed by atoms with E-state index < -0.39 is 5.91 Å². The Kier molecular flexibility index (Phi) is 2.81. The molecule has 0 aliphatic rings. The van der Waals surface area contributed by atoms with E-state index in [-0.39, 0.29) is 17.3 Å². The molecule has 0 saturated carbocycles. The molecule has 2 aromatic heterocycles. The van der Waals surface area contributed by atoms with Crippen molar-refractivity contribution >= 4 is 11.9 Å². The molecule has 0 atom stereocenters. The van der Waals surface area contributed by atoms with Crippen molar-refractivity contribution in [2.24, 2.45) is 0 Å². The van der Waals surface area contributed by atoms with E-state index in [0.29, 0.717) is 5.82 Å². The number of amides is 1. The van der Waals surface area contributed by atoms with Crippen LogP contribution < -0.4 is 5.32 Å². The summed E-state index contributed by atoms with van der Waals surface area (Å²) in [6.45, 7) is 7.47. The topological polar surface area (TPSA) is 114 Å². The number of nitrogens with zero attached hydrogens (tertiary/aromatic N) is 6. The maximum Gasteiger partial charge on any atom is 0.299 e. The van der Waals surface area contributed by atoms with Crippen LogP contribution in [0.15, 0.2) is 0 Å². The van der Waals surface area contributed by atoms with Gasteiger partial charge in [-0.15, -0.1) is 15.3 Å². The number of tetrazole rings is 1. The fourth-order valence-corrected chi connectivity index (χ4v) is 1.15. The van der Waals surface area contributed by atoms with Crippen molar-refractivity contribution in [3.63, 3.8) is 0 Å². The highest BCUT2D eigenvalue weighted by molar-refractivity contribution is 6.00. The molecule has 0 saturated heterocycles. The molecule has 0 aliphatic carbocycles. The van der Waals surface area contributed by atoms with Gasteiger partial charge >= 0.3 is 0 Å². The van der Waals surface area contributed by atoms with Crippen molar-refractivity contribution in [3.8, 4) is 0 Å². The van der Waals surface area contributed by atoms with Crippen LogP contribution in [0.3, 0.4) is 0 Å². The van der Waals surface area contributed by atoms with Gasteiger partial charge in [0.15, 0.2) is 0 Å². The van der Waals surface area contributed by atoms with Gasteiger partial charge in [0.1, 0.15) is 5.82 Å². The zero-order valence-corrected chi connectivity index (χ0v) is 10.6. The van der Waals surface area contributed by atoms with Gasteiger partial charge in [0.25, 0.3) is 11.7 Å². The molecule has 2 N–H and O–H groups in total. The van der Waals surface area contributed by atoms with Crippen molar-refractivity contribution < 1.29 is 4.79 Å². The summed E-state index contributed by atoms with van der Waals surface area (Å²) < 4.78 is 0. The van der Waals surface area contributed by atoms with E-state index in [1.165, 1.54) is 4.80 Å². The number of aromatic amines is 1. The molecule has 18 heavy (non-hydrogen) atoms. The quantitative estimate of drug-likeness (QED) is 0.781. The van der Waals surface area contributed by atoms with Crippen LogP contribution in [0.25, 0.3) is 0 Å². The number of anilines is 1. The lowest BCUT2D eigenvalue weighted by Gasteiger charge is -2.15. The van der Waals surface area contributed by atoms with Crippen molar-refractivity contribution in [1.29, 1.82) is 0 Å². The van der Waals surface area contributed by atoms with Crippen molar-refractivity contribution in [1.82, 2.24) is 35.4 Å². The number of carbonyl (C=O) groups excluding carboxylic acids is 1. The van der Waals surface area contributed by atoms with Crippen LogP contribution in [-0.4, -0.2) is 41.3 Å². The van der Waals surface area contributed by atoms with Crippen LogP contribution in [0, 0.1) is 6.92 Å². The molecule has 0 unspecified atom stereocenters. The largest absolute Gasteiger partial charge is 0.299 e. The molecule has 2 heterocycles. The van der Waals surface area contributed by atoms with Gasteiger partial charge in [-0.2, -0.15) is 9.78 Å². The summed E-state index contributed by atoms with van der Waals surface area (Å²) >= 11 is 0. The molecule has 2 rings (SSSR count). The molecular weight excluding hydrogens is 236 g/mol. The van der Waals surface area contributed by atoms with E-state index in [1.54, 1.807) is 6.92 Å². The molecule has 96 valence electrons. The van der Waals surface area contributed by atoms with Gasteiger partial charge in [0.05, 0.1) is 5.54 Å². The van der Waals surface area contributed by atoms with E-state index in [4.69, 9.17) is 0 Å². The number of carbonyl (C=O) groups is 1. The monoisotopic (exact) mass is 250 g/mol. The number of rotatable bonds is 2. The van der Waals surface area contributed by atoms with Gasteiger partial charge in [-0.05, 0) is 32.9 Å². The van der Waals surface area contributed by atoms with E-state index in [0.717, 1.165) is 0 Å². The Morgan fingerprint density at radius 2 is 2.11 bits per heavy atom. The molecule has 9 nitrogen and oxygen atoms in total. The third-order valence-corrected chi connectivity index (χ3v) is 2.04. The molecular formula is C9H14N8O. The Labute approximate surface area is 103 Å². The lowest BCUT2D eigenvalue weighted by Crippen LogP contribution is -2.25. The highest BCUT2D eigenvalue weighted by Gasteiger charge is 2.20. The third kappa shape index (κ3) is 2.50. The standard InChI is InChI=1S/C9H14N8O/c1-5-10-8(14-12-5)11-7(18)6-13-16-17(15-6)9(2,3)4/h1-4H3,(H2,10,11,12,14,18). The third-order valence-electron chi connectivity index (χ3n) is 2.04. The van der Waals surface area contributed by atoms with Crippen LogP contribution in [0.2, 0.25) is 0 Å². The van der Waals surface area contributed by atoms with Gasteiger partial charge in [0, 0.05) is 0 Å². The summed E-state index contributed by atoms with van der Waals surface area (Å²) in [6.07, 6.45) is 0. The van der Waals surface area contributed by atoms with Gasteiger partial charge in [-0.25, -0.2) is 0 Å². The average Bonchev–Trinajstić information content (AvgIpc) is 2.85.